The first-order valence-electron chi connectivity index (χ1n) is 10.9. The second-order valence-electron chi connectivity index (χ2n) is 7.94. The summed E-state index contributed by atoms with van der Waals surface area (Å²) < 4.78 is 0. The molecule has 176 valence electrons. The van der Waals surface area contributed by atoms with Crippen LogP contribution in [-0.2, 0) is 25.6 Å². The molecule has 0 radical (unpaired) electrons. The van der Waals surface area contributed by atoms with Crippen LogP contribution < -0.4 is 22.1 Å². The molecule has 10 nitrogen and oxygen atoms in total. The quantitative estimate of drug-likeness (QED) is 0.266. The Morgan fingerprint density at radius 2 is 1.88 bits per heavy atom. The molecule has 0 aliphatic carbocycles. The largest absolute Gasteiger partial charge is 0.480 e. The fourth-order valence-corrected chi connectivity index (χ4v) is 3.69. The molecule has 1 aliphatic rings. The summed E-state index contributed by atoms with van der Waals surface area (Å²) in [6.07, 6.45) is 3.16. The van der Waals surface area contributed by atoms with Crippen LogP contribution in [0.5, 0.6) is 0 Å². The van der Waals surface area contributed by atoms with E-state index in [1.54, 1.807) is 24.3 Å². The maximum atomic E-state index is 12.8. The van der Waals surface area contributed by atoms with E-state index in [2.05, 4.69) is 10.6 Å². The Labute approximate surface area is 187 Å². The van der Waals surface area contributed by atoms with Crippen LogP contribution in [0.3, 0.4) is 0 Å². The standard InChI is InChI=1S/C22H33N5O5/c23-11-5-4-9-16(24)20(29)25-14-19(28)27-12-6-10-18(27)21(30)26-17(22(31)32)13-15-7-2-1-3-8-15/h1-3,7-8,16-18H,4-6,9-14,23-24H2,(H,25,29)(H,26,30)(H,31,32). The van der Waals surface area contributed by atoms with Crippen molar-refractivity contribution in [2.24, 2.45) is 11.5 Å². The summed E-state index contributed by atoms with van der Waals surface area (Å²) in [5, 5.41) is 14.6. The number of hydrogen-bond donors (Lipinski definition) is 5. The SMILES string of the molecule is NCCCCC(N)C(=O)NCC(=O)N1CCCC1C(=O)NC(Cc1ccccc1)C(=O)O. The zero-order valence-corrected chi connectivity index (χ0v) is 18.2. The Balaban J connectivity index is 1.89. The van der Waals surface area contributed by atoms with E-state index in [9.17, 15) is 24.3 Å². The summed E-state index contributed by atoms with van der Waals surface area (Å²) in [7, 11) is 0. The van der Waals surface area contributed by atoms with Gasteiger partial charge in [0, 0.05) is 13.0 Å². The molecule has 3 amide bonds. The third-order valence-corrected chi connectivity index (χ3v) is 5.49. The lowest BCUT2D eigenvalue weighted by Gasteiger charge is -2.26. The molecule has 1 aromatic carbocycles. The van der Waals surface area contributed by atoms with Gasteiger partial charge in [0.05, 0.1) is 12.6 Å². The van der Waals surface area contributed by atoms with Crippen molar-refractivity contribution in [1.82, 2.24) is 15.5 Å². The Morgan fingerprint density at radius 1 is 1.16 bits per heavy atom. The number of carboxylic acids is 1. The Bertz CT molecular complexity index is 788. The molecule has 0 aromatic heterocycles. The summed E-state index contributed by atoms with van der Waals surface area (Å²) in [4.78, 5) is 50.5. The molecule has 3 unspecified atom stereocenters. The molecule has 2 rings (SSSR count). The molecule has 1 aromatic rings. The van der Waals surface area contributed by atoms with E-state index in [1.807, 2.05) is 6.07 Å². The topological polar surface area (TPSA) is 168 Å². The van der Waals surface area contributed by atoms with Crippen LogP contribution in [0.25, 0.3) is 0 Å². The first-order valence-corrected chi connectivity index (χ1v) is 10.9. The van der Waals surface area contributed by atoms with Gasteiger partial charge >= 0.3 is 5.97 Å². The lowest BCUT2D eigenvalue weighted by atomic mass is 10.1. The second-order valence-corrected chi connectivity index (χ2v) is 7.94. The molecule has 10 heteroatoms. The Hall–Kier alpha value is -2.98. The minimum Gasteiger partial charge on any atom is -0.480 e. The number of carbonyl (C=O) groups excluding carboxylic acids is 3. The summed E-state index contributed by atoms with van der Waals surface area (Å²) >= 11 is 0. The fraction of sp³-hybridized carbons (Fsp3) is 0.545. The highest BCUT2D eigenvalue weighted by Crippen LogP contribution is 2.18. The number of nitrogens with two attached hydrogens (primary N) is 2. The smallest absolute Gasteiger partial charge is 0.326 e. The summed E-state index contributed by atoms with van der Waals surface area (Å²) in [6.45, 7) is 0.630. The predicted octanol–water partition coefficient (Wildman–Crippen LogP) is -0.638. The molecule has 32 heavy (non-hydrogen) atoms. The van der Waals surface area contributed by atoms with Crippen LogP contribution >= 0.6 is 0 Å². The molecule has 1 fully saturated rings. The summed E-state index contributed by atoms with van der Waals surface area (Å²) in [5.41, 5.74) is 12.0. The number of nitrogens with zero attached hydrogens (tertiary/aromatic N) is 1. The van der Waals surface area contributed by atoms with Crippen LogP contribution in [0.15, 0.2) is 30.3 Å². The van der Waals surface area contributed by atoms with Crippen LogP contribution in [-0.4, -0.2) is 71.5 Å². The number of rotatable bonds is 12. The van der Waals surface area contributed by atoms with Crippen LogP contribution in [0.2, 0.25) is 0 Å². The Morgan fingerprint density at radius 3 is 2.53 bits per heavy atom. The normalized spacial score (nSPS) is 17.4. The van der Waals surface area contributed by atoms with Gasteiger partial charge in [0.2, 0.25) is 17.7 Å². The van der Waals surface area contributed by atoms with Crippen molar-refractivity contribution in [2.75, 3.05) is 19.6 Å². The molecule has 1 aliphatic heterocycles. The monoisotopic (exact) mass is 447 g/mol. The van der Waals surface area contributed by atoms with Gasteiger partial charge in [-0.2, -0.15) is 0 Å². The molecule has 7 N–H and O–H groups in total. The maximum Gasteiger partial charge on any atom is 0.326 e. The van der Waals surface area contributed by atoms with Gasteiger partial charge in [0.1, 0.15) is 12.1 Å². The molecular weight excluding hydrogens is 414 g/mol. The molecule has 1 saturated heterocycles. The fourth-order valence-electron chi connectivity index (χ4n) is 3.69. The molecular formula is C22H33N5O5. The van der Waals surface area contributed by atoms with Gasteiger partial charge in [-0.05, 0) is 37.8 Å². The molecule has 1 heterocycles. The van der Waals surface area contributed by atoms with E-state index in [4.69, 9.17) is 11.5 Å². The van der Waals surface area contributed by atoms with Gasteiger partial charge in [-0.25, -0.2) is 4.79 Å². The highest BCUT2D eigenvalue weighted by molar-refractivity contribution is 5.93. The number of likely N-dealkylation sites (tertiary alicyclic amines) is 1. The van der Waals surface area contributed by atoms with Crippen molar-refractivity contribution < 1.29 is 24.3 Å². The van der Waals surface area contributed by atoms with Gasteiger partial charge in [-0.3, -0.25) is 14.4 Å². The lowest BCUT2D eigenvalue weighted by Crippen LogP contribution is -2.53. The highest BCUT2D eigenvalue weighted by Gasteiger charge is 2.36. The van der Waals surface area contributed by atoms with Gasteiger partial charge < -0.3 is 32.1 Å². The lowest BCUT2D eigenvalue weighted by molar-refractivity contribution is -0.144. The average molecular weight is 448 g/mol. The highest BCUT2D eigenvalue weighted by atomic mass is 16.4. The molecule has 3 atom stereocenters. The van der Waals surface area contributed by atoms with Crippen molar-refractivity contribution in [3.05, 3.63) is 35.9 Å². The van der Waals surface area contributed by atoms with E-state index < -0.39 is 41.8 Å². The number of amides is 3. The van der Waals surface area contributed by atoms with Gasteiger partial charge in [-0.15, -0.1) is 0 Å². The zero-order chi connectivity index (χ0) is 23.5. The second kappa shape index (κ2) is 12.8. The number of hydrogen-bond acceptors (Lipinski definition) is 6. The minimum atomic E-state index is -1.14. The van der Waals surface area contributed by atoms with E-state index >= 15 is 0 Å². The van der Waals surface area contributed by atoms with Crippen molar-refractivity contribution in [1.29, 1.82) is 0 Å². The number of carbonyl (C=O) groups is 4. The van der Waals surface area contributed by atoms with Crippen molar-refractivity contribution >= 4 is 23.7 Å². The third kappa shape index (κ3) is 7.61. The van der Waals surface area contributed by atoms with Crippen molar-refractivity contribution in [3.8, 4) is 0 Å². The van der Waals surface area contributed by atoms with E-state index in [-0.39, 0.29) is 13.0 Å². The van der Waals surface area contributed by atoms with Gasteiger partial charge in [0.25, 0.3) is 0 Å². The summed E-state index contributed by atoms with van der Waals surface area (Å²) in [5.74, 6) is -2.48. The number of nitrogens with one attached hydrogen (secondary N) is 2. The number of unbranched alkanes of at least 4 members (excludes halogenated alkanes) is 1. The minimum absolute atomic E-state index is 0.140. The Kier molecular flexibility index (Phi) is 10.1. The maximum absolute atomic E-state index is 12.8. The van der Waals surface area contributed by atoms with Crippen LogP contribution in [0.4, 0.5) is 0 Å². The van der Waals surface area contributed by atoms with Crippen LogP contribution in [0.1, 0.15) is 37.7 Å². The zero-order valence-electron chi connectivity index (χ0n) is 18.2. The van der Waals surface area contributed by atoms with E-state index in [0.717, 1.165) is 18.4 Å². The number of carboxylic acid groups (broad SMARTS) is 1. The average Bonchev–Trinajstić information content (AvgIpc) is 3.27. The summed E-state index contributed by atoms with van der Waals surface area (Å²) in [6, 6.07) is 6.40. The van der Waals surface area contributed by atoms with Crippen LogP contribution in [0, 0.1) is 0 Å². The van der Waals surface area contributed by atoms with Gasteiger partial charge in [0.15, 0.2) is 0 Å². The number of aliphatic carboxylic acids is 1. The molecule has 0 saturated carbocycles. The van der Waals surface area contributed by atoms with Gasteiger partial charge in [-0.1, -0.05) is 36.8 Å². The van der Waals surface area contributed by atoms with E-state index in [0.29, 0.717) is 32.4 Å². The first-order chi connectivity index (χ1) is 15.3. The molecule has 0 spiro atoms. The molecule has 0 bridgehead atoms. The number of benzene rings is 1. The van der Waals surface area contributed by atoms with E-state index in [1.165, 1.54) is 4.90 Å². The van der Waals surface area contributed by atoms with Crippen molar-refractivity contribution in [2.45, 2.75) is 56.7 Å². The predicted molar refractivity (Wildman–Crippen MR) is 118 cm³/mol. The van der Waals surface area contributed by atoms with Crippen molar-refractivity contribution in [3.63, 3.8) is 0 Å². The first kappa shape index (κ1) is 25.3. The third-order valence-electron chi connectivity index (χ3n) is 5.49.